The number of amides is 2. The summed E-state index contributed by atoms with van der Waals surface area (Å²) in [6.45, 7) is 2.77. The standard InChI is InChI=1S/C28H37N7O3/c1-32-21-9-12-24-23(18-21)27(31-33(24)2)28(37)30-13-5-16-34(15-4-6-26(32)36)19-25-29-14-17-35(25)20-7-10-22(38-3)11-8-20/h7-8,10-11,14,17,21H,4-6,9,12-13,15-16,18-19H2,1-3H3,(H,30,37). The molecule has 0 radical (unpaired) electrons. The van der Waals surface area contributed by atoms with Gasteiger partial charge in [-0.15, -0.1) is 0 Å². The lowest BCUT2D eigenvalue weighted by Crippen LogP contribution is -2.41. The van der Waals surface area contributed by atoms with E-state index in [4.69, 9.17) is 4.74 Å². The molecule has 1 aromatic carbocycles. The van der Waals surface area contributed by atoms with E-state index in [1.165, 1.54) is 0 Å². The second-order valence-corrected chi connectivity index (χ2v) is 10.2. The van der Waals surface area contributed by atoms with E-state index in [1.807, 2.05) is 60.3 Å². The highest BCUT2D eigenvalue weighted by atomic mass is 16.5. The lowest BCUT2D eigenvalue weighted by atomic mass is 9.90. The molecule has 1 N–H and O–H groups in total. The molecule has 2 amide bonds. The summed E-state index contributed by atoms with van der Waals surface area (Å²) in [6, 6.07) is 7.99. The Morgan fingerprint density at radius 3 is 2.66 bits per heavy atom. The average Bonchev–Trinajstić information content (AvgIpc) is 3.53. The van der Waals surface area contributed by atoms with Crippen molar-refractivity contribution < 1.29 is 14.3 Å². The number of carbonyl (C=O) groups is 2. The summed E-state index contributed by atoms with van der Waals surface area (Å²) < 4.78 is 9.20. The molecule has 0 saturated heterocycles. The maximum Gasteiger partial charge on any atom is 0.272 e. The molecular weight excluding hydrogens is 482 g/mol. The van der Waals surface area contributed by atoms with Crippen molar-refractivity contribution in [2.45, 2.75) is 51.1 Å². The summed E-state index contributed by atoms with van der Waals surface area (Å²) in [5.41, 5.74) is 3.61. The lowest BCUT2D eigenvalue weighted by Gasteiger charge is -2.32. The molecule has 3 heterocycles. The van der Waals surface area contributed by atoms with Gasteiger partial charge in [-0.3, -0.25) is 19.2 Å². The van der Waals surface area contributed by atoms with E-state index in [0.717, 1.165) is 67.3 Å². The third-order valence-corrected chi connectivity index (χ3v) is 7.82. The van der Waals surface area contributed by atoms with Crippen LogP contribution in [0.25, 0.3) is 5.69 Å². The number of carbonyl (C=O) groups excluding carboxylic acids is 2. The van der Waals surface area contributed by atoms with Gasteiger partial charge in [0.1, 0.15) is 11.6 Å². The monoisotopic (exact) mass is 519 g/mol. The van der Waals surface area contributed by atoms with Gasteiger partial charge < -0.3 is 19.5 Å². The van der Waals surface area contributed by atoms with E-state index < -0.39 is 0 Å². The van der Waals surface area contributed by atoms with Crippen LogP contribution in [0.15, 0.2) is 36.7 Å². The Labute approximate surface area is 223 Å². The fourth-order valence-corrected chi connectivity index (χ4v) is 5.61. The quantitative estimate of drug-likeness (QED) is 0.568. The Bertz CT molecular complexity index is 1280. The van der Waals surface area contributed by atoms with Crippen molar-refractivity contribution >= 4 is 11.8 Å². The number of imidazole rings is 1. The summed E-state index contributed by atoms with van der Waals surface area (Å²) in [4.78, 5) is 35.0. The summed E-state index contributed by atoms with van der Waals surface area (Å²) in [6.07, 6.45) is 8.22. The van der Waals surface area contributed by atoms with Crippen LogP contribution in [0, 0.1) is 0 Å². The smallest absolute Gasteiger partial charge is 0.272 e. The Balaban J connectivity index is 1.32. The number of hydrogen-bond acceptors (Lipinski definition) is 6. The molecule has 1 aliphatic heterocycles. The van der Waals surface area contributed by atoms with E-state index >= 15 is 0 Å². The molecule has 1 unspecified atom stereocenters. The number of fused-ring (bicyclic) bond motifs is 1. The van der Waals surface area contributed by atoms with Gasteiger partial charge in [0.05, 0.1) is 13.7 Å². The largest absolute Gasteiger partial charge is 0.497 e. The number of nitrogens with zero attached hydrogens (tertiary/aromatic N) is 6. The SMILES string of the molecule is COc1ccc(-n2ccnc2CN2CCCNC(=O)c3nn(C)c4c3CC(CC4)N(C)C(=O)CCC2)cc1. The second kappa shape index (κ2) is 11.4. The average molecular weight is 520 g/mol. The Kier molecular flexibility index (Phi) is 7.78. The van der Waals surface area contributed by atoms with Gasteiger partial charge in [0.2, 0.25) is 5.91 Å². The van der Waals surface area contributed by atoms with Gasteiger partial charge in [0, 0.05) is 69.0 Å². The number of hydrogen-bond donors (Lipinski definition) is 1. The van der Waals surface area contributed by atoms with Crippen LogP contribution in [0.1, 0.15) is 53.3 Å². The maximum atomic E-state index is 13.1. The first-order chi connectivity index (χ1) is 18.4. The van der Waals surface area contributed by atoms with E-state index in [9.17, 15) is 9.59 Å². The number of benzene rings is 1. The van der Waals surface area contributed by atoms with Crippen molar-refractivity contribution in [2.75, 3.05) is 33.8 Å². The van der Waals surface area contributed by atoms with Gasteiger partial charge in [-0.05, 0) is 62.9 Å². The molecule has 0 saturated carbocycles. The predicted molar refractivity (Wildman–Crippen MR) is 143 cm³/mol. The molecule has 1 aliphatic carbocycles. The molecule has 2 aromatic heterocycles. The molecule has 38 heavy (non-hydrogen) atoms. The zero-order valence-corrected chi connectivity index (χ0v) is 22.5. The third kappa shape index (κ3) is 5.45. The van der Waals surface area contributed by atoms with Gasteiger partial charge in [0.25, 0.3) is 5.91 Å². The zero-order chi connectivity index (χ0) is 26.6. The molecule has 5 rings (SSSR count). The zero-order valence-electron chi connectivity index (χ0n) is 22.5. The molecule has 3 aromatic rings. The minimum atomic E-state index is -0.132. The normalized spacial score (nSPS) is 19.6. The highest BCUT2D eigenvalue weighted by Crippen LogP contribution is 2.27. The summed E-state index contributed by atoms with van der Waals surface area (Å²) in [7, 11) is 5.46. The number of rotatable bonds is 4. The minimum absolute atomic E-state index is 0.0870. The number of aromatic nitrogens is 4. The van der Waals surface area contributed by atoms with Crippen molar-refractivity contribution in [1.82, 2.24) is 34.4 Å². The number of methoxy groups -OCH3 is 1. The summed E-state index contributed by atoms with van der Waals surface area (Å²) in [5, 5.41) is 7.63. The predicted octanol–water partition coefficient (Wildman–Crippen LogP) is 2.35. The van der Waals surface area contributed by atoms with Gasteiger partial charge in [-0.1, -0.05) is 0 Å². The van der Waals surface area contributed by atoms with Crippen molar-refractivity contribution in [2.24, 2.45) is 7.05 Å². The van der Waals surface area contributed by atoms with E-state index in [-0.39, 0.29) is 17.9 Å². The number of likely N-dealkylation sites (N-methyl/N-ethyl adjacent to an activating group) is 1. The Hall–Kier alpha value is -3.66. The van der Waals surface area contributed by atoms with Gasteiger partial charge in [-0.2, -0.15) is 5.10 Å². The molecular formula is C28H37N7O3. The molecule has 1 atom stereocenters. The van der Waals surface area contributed by atoms with Gasteiger partial charge in [0.15, 0.2) is 5.69 Å². The molecule has 2 bridgehead atoms. The van der Waals surface area contributed by atoms with Crippen molar-refractivity contribution in [1.29, 1.82) is 0 Å². The van der Waals surface area contributed by atoms with E-state index in [2.05, 4.69) is 24.9 Å². The van der Waals surface area contributed by atoms with Gasteiger partial charge in [-0.25, -0.2) is 4.98 Å². The highest BCUT2D eigenvalue weighted by molar-refractivity contribution is 5.94. The van der Waals surface area contributed by atoms with Crippen LogP contribution in [0.5, 0.6) is 5.75 Å². The molecule has 10 heteroatoms. The fraction of sp³-hybridized carbons (Fsp3) is 0.500. The molecule has 202 valence electrons. The minimum Gasteiger partial charge on any atom is -0.497 e. The van der Waals surface area contributed by atoms with E-state index in [0.29, 0.717) is 31.6 Å². The molecule has 2 aliphatic rings. The van der Waals surface area contributed by atoms with Crippen LogP contribution in [0.2, 0.25) is 0 Å². The molecule has 0 spiro atoms. The van der Waals surface area contributed by atoms with Gasteiger partial charge >= 0.3 is 0 Å². The maximum absolute atomic E-state index is 13.1. The van der Waals surface area contributed by atoms with Crippen LogP contribution in [0.4, 0.5) is 0 Å². The van der Waals surface area contributed by atoms with Crippen LogP contribution in [0.3, 0.4) is 0 Å². The topological polar surface area (TPSA) is 97.5 Å². The van der Waals surface area contributed by atoms with Crippen LogP contribution in [-0.2, 0) is 31.2 Å². The summed E-state index contributed by atoms with van der Waals surface area (Å²) in [5.74, 6) is 1.76. The highest BCUT2D eigenvalue weighted by Gasteiger charge is 2.31. The van der Waals surface area contributed by atoms with Crippen molar-refractivity contribution in [3.8, 4) is 11.4 Å². The first-order valence-corrected chi connectivity index (χ1v) is 13.4. The first kappa shape index (κ1) is 26.0. The molecule has 10 nitrogen and oxygen atoms in total. The van der Waals surface area contributed by atoms with Crippen molar-refractivity contribution in [3.05, 3.63) is 59.4 Å². The third-order valence-electron chi connectivity index (χ3n) is 7.82. The Morgan fingerprint density at radius 1 is 1.08 bits per heavy atom. The van der Waals surface area contributed by atoms with Crippen LogP contribution in [-0.4, -0.2) is 80.8 Å². The number of nitrogens with one attached hydrogen (secondary N) is 1. The van der Waals surface area contributed by atoms with E-state index in [1.54, 1.807) is 7.11 Å². The summed E-state index contributed by atoms with van der Waals surface area (Å²) >= 11 is 0. The fourth-order valence-electron chi connectivity index (χ4n) is 5.61. The van der Waals surface area contributed by atoms with Crippen LogP contribution >= 0.6 is 0 Å². The lowest BCUT2D eigenvalue weighted by molar-refractivity contribution is -0.132. The Morgan fingerprint density at radius 2 is 1.87 bits per heavy atom. The second-order valence-electron chi connectivity index (χ2n) is 10.2. The molecule has 0 fully saturated rings. The number of ether oxygens (including phenoxy) is 1. The first-order valence-electron chi connectivity index (χ1n) is 13.4. The van der Waals surface area contributed by atoms with Crippen molar-refractivity contribution in [3.63, 3.8) is 0 Å². The van der Waals surface area contributed by atoms with Crippen LogP contribution < -0.4 is 10.1 Å². The number of aryl methyl sites for hydroxylation is 1.